The fraction of sp³-hybridized carbons (Fsp3) is 0.200. The second kappa shape index (κ2) is 3.01. The topological polar surface area (TPSA) is 30.7 Å². The molecule has 0 aliphatic carbocycles. The maximum Gasteiger partial charge on any atom is 0.147 e. The zero-order valence-corrected chi connectivity index (χ0v) is 7.73. The fourth-order valence-electron chi connectivity index (χ4n) is 1.24. The molecule has 0 radical (unpaired) electrons. The molecule has 0 N–H and O–H groups in total. The summed E-state index contributed by atoms with van der Waals surface area (Å²) < 4.78 is 1.78. The Balaban J connectivity index is 2.46. The van der Waals surface area contributed by atoms with Crippen LogP contribution in [0.2, 0.25) is 0 Å². The second-order valence-electron chi connectivity index (χ2n) is 3.08. The highest BCUT2D eigenvalue weighted by Gasteiger charge is 1.97. The highest BCUT2D eigenvalue weighted by atomic mass is 15.3. The van der Waals surface area contributed by atoms with Gasteiger partial charge in [0.15, 0.2) is 0 Å². The van der Waals surface area contributed by atoms with Crippen molar-refractivity contribution in [1.29, 1.82) is 0 Å². The van der Waals surface area contributed by atoms with Crippen LogP contribution < -0.4 is 0 Å². The Morgan fingerprint density at radius 3 is 2.69 bits per heavy atom. The quantitative estimate of drug-likeness (QED) is 0.659. The van der Waals surface area contributed by atoms with E-state index in [9.17, 15) is 0 Å². The summed E-state index contributed by atoms with van der Waals surface area (Å²) in [5.41, 5.74) is 2.28. The first kappa shape index (κ1) is 7.98. The van der Waals surface area contributed by atoms with Crippen molar-refractivity contribution in [2.24, 2.45) is 0 Å². The SMILES string of the molecule is Cc1cccc(-n2cnc(C)n2)c1. The fourth-order valence-corrected chi connectivity index (χ4v) is 1.24. The van der Waals surface area contributed by atoms with Gasteiger partial charge in [0, 0.05) is 0 Å². The van der Waals surface area contributed by atoms with Gasteiger partial charge in [0.1, 0.15) is 12.2 Å². The molecule has 3 nitrogen and oxygen atoms in total. The van der Waals surface area contributed by atoms with Gasteiger partial charge in [-0.3, -0.25) is 0 Å². The Kier molecular flexibility index (Phi) is 1.85. The lowest BCUT2D eigenvalue weighted by Gasteiger charge is -2.00. The minimum absolute atomic E-state index is 0.793. The lowest BCUT2D eigenvalue weighted by atomic mass is 10.2. The van der Waals surface area contributed by atoms with Crippen molar-refractivity contribution in [2.75, 3.05) is 0 Å². The molecule has 0 aliphatic rings. The summed E-state index contributed by atoms with van der Waals surface area (Å²) in [6, 6.07) is 8.17. The summed E-state index contributed by atoms with van der Waals surface area (Å²) in [5, 5.41) is 4.23. The van der Waals surface area contributed by atoms with Crippen LogP contribution in [-0.2, 0) is 0 Å². The monoisotopic (exact) mass is 173 g/mol. The Hall–Kier alpha value is -1.64. The molecule has 0 fully saturated rings. The number of hydrogen-bond acceptors (Lipinski definition) is 2. The van der Waals surface area contributed by atoms with Crippen molar-refractivity contribution >= 4 is 0 Å². The van der Waals surface area contributed by atoms with E-state index in [0.717, 1.165) is 11.5 Å². The number of benzene rings is 1. The largest absolute Gasteiger partial charge is 0.221 e. The van der Waals surface area contributed by atoms with Gasteiger partial charge in [-0.15, -0.1) is 0 Å². The maximum absolute atomic E-state index is 4.23. The summed E-state index contributed by atoms with van der Waals surface area (Å²) in [5.74, 6) is 0.793. The maximum atomic E-state index is 4.23. The summed E-state index contributed by atoms with van der Waals surface area (Å²) in [6.45, 7) is 3.94. The first-order valence-corrected chi connectivity index (χ1v) is 4.21. The number of aryl methyl sites for hydroxylation is 2. The molecule has 66 valence electrons. The third-order valence-corrected chi connectivity index (χ3v) is 1.87. The molecule has 2 rings (SSSR count). The standard InChI is InChI=1S/C10H11N3/c1-8-4-3-5-10(6-8)13-7-11-9(2)12-13/h3-7H,1-2H3. The van der Waals surface area contributed by atoms with Gasteiger partial charge in [0.25, 0.3) is 0 Å². The first-order chi connectivity index (χ1) is 6.25. The highest BCUT2D eigenvalue weighted by Crippen LogP contribution is 2.07. The van der Waals surface area contributed by atoms with Crippen LogP contribution in [0.4, 0.5) is 0 Å². The Labute approximate surface area is 77.0 Å². The smallest absolute Gasteiger partial charge is 0.147 e. The molecule has 0 saturated heterocycles. The summed E-state index contributed by atoms with van der Waals surface area (Å²) in [6.07, 6.45) is 1.73. The number of rotatable bonds is 1. The van der Waals surface area contributed by atoms with Gasteiger partial charge in [-0.05, 0) is 31.5 Å². The lowest BCUT2D eigenvalue weighted by molar-refractivity contribution is 0.861. The van der Waals surface area contributed by atoms with E-state index in [1.807, 2.05) is 19.1 Å². The number of nitrogens with zero attached hydrogens (tertiary/aromatic N) is 3. The van der Waals surface area contributed by atoms with Crippen molar-refractivity contribution in [3.63, 3.8) is 0 Å². The van der Waals surface area contributed by atoms with Crippen LogP contribution in [0, 0.1) is 13.8 Å². The number of hydrogen-bond donors (Lipinski definition) is 0. The van der Waals surface area contributed by atoms with Gasteiger partial charge in [-0.25, -0.2) is 9.67 Å². The minimum Gasteiger partial charge on any atom is -0.221 e. The average molecular weight is 173 g/mol. The van der Waals surface area contributed by atoms with Gasteiger partial charge >= 0.3 is 0 Å². The third-order valence-electron chi connectivity index (χ3n) is 1.87. The predicted molar refractivity (Wildman–Crippen MR) is 50.8 cm³/mol. The van der Waals surface area contributed by atoms with Crippen LogP contribution in [0.3, 0.4) is 0 Å². The van der Waals surface area contributed by atoms with Gasteiger partial charge < -0.3 is 0 Å². The van der Waals surface area contributed by atoms with Crippen LogP contribution in [-0.4, -0.2) is 14.8 Å². The molecule has 0 aliphatic heterocycles. The van der Waals surface area contributed by atoms with Crippen molar-refractivity contribution in [1.82, 2.24) is 14.8 Å². The Morgan fingerprint density at radius 1 is 1.23 bits per heavy atom. The van der Waals surface area contributed by atoms with Gasteiger partial charge in [-0.2, -0.15) is 5.10 Å². The van der Waals surface area contributed by atoms with E-state index >= 15 is 0 Å². The predicted octanol–water partition coefficient (Wildman–Crippen LogP) is 1.88. The molecule has 13 heavy (non-hydrogen) atoms. The molecule has 1 aromatic carbocycles. The Morgan fingerprint density at radius 2 is 2.08 bits per heavy atom. The first-order valence-electron chi connectivity index (χ1n) is 4.21. The normalized spacial score (nSPS) is 10.3. The molecule has 0 saturated carbocycles. The lowest BCUT2D eigenvalue weighted by Crippen LogP contribution is -1.94. The molecule has 3 heteroatoms. The summed E-state index contributed by atoms with van der Waals surface area (Å²) in [4.78, 5) is 4.07. The number of aromatic nitrogens is 3. The van der Waals surface area contributed by atoms with Crippen LogP contribution in [0.25, 0.3) is 5.69 Å². The molecule has 0 bridgehead atoms. The molecule has 1 aromatic heterocycles. The van der Waals surface area contributed by atoms with E-state index in [1.165, 1.54) is 5.56 Å². The van der Waals surface area contributed by atoms with E-state index < -0.39 is 0 Å². The molecular formula is C10H11N3. The zero-order chi connectivity index (χ0) is 9.26. The van der Waals surface area contributed by atoms with E-state index in [1.54, 1.807) is 11.0 Å². The molecule has 0 unspecified atom stereocenters. The zero-order valence-electron chi connectivity index (χ0n) is 7.73. The Bertz CT molecular complexity index is 418. The molecule has 0 amide bonds. The molecule has 0 spiro atoms. The summed E-state index contributed by atoms with van der Waals surface area (Å²) in [7, 11) is 0. The summed E-state index contributed by atoms with van der Waals surface area (Å²) >= 11 is 0. The van der Waals surface area contributed by atoms with Crippen molar-refractivity contribution in [3.8, 4) is 5.69 Å². The van der Waals surface area contributed by atoms with Crippen LogP contribution >= 0.6 is 0 Å². The van der Waals surface area contributed by atoms with Crippen LogP contribution in [0.5, 0.6) is 0 Å². The van der Waals surface area contributed by atoms with Gasteiger partial charge in [0.05, 0.1) is 5.69 Å². The molecule has 1 heterocycles. The molecule has 2 aromatic rings. The van der Waals surface area contributed by atoms with Crippen molar-refractivity contribution in [3.05, 3.63) is 42.0 Å². The second-order valence-corrected chi connectivity index (χ2v) is 3.08. The van der Waals surface area contributed by atoms with E-state index in [2.05, 4.69) is 29.1 Å². The van der Waals surface area contributed by atoms with Gasteiger partial charge in [0.2, 0.25) is 0 Å². The van der Waals surface area contributed by atoms with Gasteiger partial charge in [-0.1, -0.05) is 12.1 Å². The average Bonchev–Trinajstić information content (AvgIpc) is 2.52. The minimum atomic E-state index is 0.793. The van der Waals surface area contributed by atoms with E-state index in [4.69, 9.17) is 0 Å². The molecule has 0 atom stereocenters. The highest BCUT2D eigenvalue weighted by molar-refractivity contribution is 5.33. The van der Waals surface area contributed by atoms with Crippen LogP contribution in [0.1, 0.15) is 11.4 Å². The third kappa shape index (κ3) is 1.59. The molecular weight excluding hydrogens is 162 g/mol. The van der Waals surface area contributed by atoms with Crippen molar-refractivity contribution < 1.29 is 0 Å². The van der Waals surface area contributed by atoms with E-state index in [-0.39, 0.29) is 0 Å². The van der Waals surface area contributed by atoms with Crippen LogP contribution in [0.15, 0.2) is 30.6 Å². The van der Waals surface area contributed by atoms with Crippen molar-refractivity contribution in [2.45, 2.75) is 13.8 Å². The van der Waals surface area contributed by atoms with E-state index in [0.29, 0.717) is 0 Å².